The number of nitrogens with one attached hydrogen (secondary N) is 2. The zero-order valence-corrected chi connectivity index (χ0v) is 17.1. The van der Waals surface area contributed by atoms with Crippen molar-refractivity contribution in [3.05, 3.63) is 0 Å². The minimum Gasteiger partial charge on any atom is -0.379 e. The summed E-state index contributed by atoms with van der Waals surface area (Å²) in [6.45, 7) is 14.2. The first-order valence-electron chi connectivity index (χ1n) is 10.7. The molecule has 2 atom stereocenters. The second-order valence-electron chi connectivity index (χ2n) is 7.91. The van der Waals surface area contributed by atoms with Gasteiger partial charge in [-0.1, -0.05) is 33.1 Å². The van der Waals surface area contributed by atoms with Crippen molar-refractivity contribution in [2.45, 2.75) is 65.0 Å². The maximum atomic E-state index is 12.4. The number of amides is 2. The number of urea groups is 1. The van der Waals surface area contributed by atoms with Crippen LogP contribution in [0.25, 0.3) is 0 Å². The number of rotatable bonds is 9. The third-order valence-corrected chi connectivity index (χ3v) is 5.94. The molecule has 6 nitrogen and oxygen atoms in total. The van der Waals surface area contributed by atoms with E-state index in [1.807, 2.05) is 0 Å². The van der Waals surface area contributed by atoms with Crippen molar-refractivity contribution in [2.75, 3.05) is 52.5 Å². The highest BCUT2D eigenvalue weighted by Crippen LogP contribution is 2.19. The molecule has 0 bridgehead atoms. The Balaban J connectivity index is 1.77. The van der Waals surface area contributed by atoms with Crippen LogP contribution in [-0.2, 0) is 4.74 Å². The summed E-state index contributed by atoms with van der Waals surface area (Å²) in [7, 11) is 0. The first-order valence-corrected chi connectivity index (χ1v) is 10.7. The highest BCUT2D eigenvalue weighted by Gasteiger charge is 2.27. The molecular weight excluding hydrogens is 328 g/mol. The first kappa shape index (κ1) is 21.5. The van der Waals surface area contributed by atoms with Gasteiger partial charge in [0, 0.05) is 38.3 Å². The average molecular weight is 369 g/mol. The molecule has 2 amide bonds. The quantitative estimate of drug-likeness (QED) is 0.656. The fourth-order valence-corrected chi connectivity index (χ4v) is 4.38. The fourth-order valence-electron chi connectivity index (χ4n) is 4.38. The maximum absolute atomic E-state index is 12.4. The van der Waals surface area contributed by atoms with Gasteiger partial charge in [-0.25, -0.2) is 4.79 Å². The van der Waals surface area contributed by atoms with E-state index in [2.05, 4.69) is 41.2 Å². The predicted octanol–water partition coefficient (Wildman–Crippen LogP) is 2.30. The van der Waals surface area contributed by atoms with Crippen molar-refractivity contribution in [3.63, 3.8) is 0 Å². The summed E-state index contributed by atoms with van der Waals surface area (Å²) in [5, 5.41) is 6.27. The normalized spacial score (nSPS) is 22.2. The van der Waals surface area contributed by atoms with E-state index in [1.54, 1.807) is 0 Å². The lowest BCUT2D eigenvalue weighted by atomic mass is 9.92. The van der Waals surface area contributed by atoms with Gasteiger partial charge in [-0.05, 0) is 38.8 Å². The molecule has 0 aromatic rings. The van der Waals surface area contributed by atoms with Crippen LogP contribution in [0, 0.1) is 5.92 Å². The summed E-state index contributed by atoms with van der Waals surface area (Å²) in [5.41, 5.74) is 0. The lowest BCUT2D eigenvalue weighted by Gasteiger charge is -2.39. The van der Waals surface area contributed by atoms with Crippen LogP contribution in [0.1, 0.15) is 52.9 Å². The molecule has 0 aliphatic carbocycles. The zero-order valence-electron chi connectivity index (χ0n) is 17.1. The third-order valence-electron chi connectivity index (χ3n) is 5.94. The van der Waals surface area contributed by atoms with Crippen molar-refractivity contribution in [2.24, 2.45) is 5.92 Å². The molecule has 2 heterocycles. The van der Waals surface area contributed by atoms with E-state index in [0.717, 1.165) is 45.7 Å². The number of carbonyl (C=O) groups excluding carboxylic acids is 1. The standard InChI is InChI=1S/C20H40N4O2/c1-4-18(5-2)19(24-11-13-26-14-12-24)15-21-20(25)22-17(3)16-23-9-7-6-8-10-23/h17-19H,4-16H2,1-3H3,(H2,21,22,25). The van der Waals surface area contributed by atoms with Crippen LogP contribution in [0.5, 0.6) is 0 Å². The molecule has 2 fully saturated rings. The molecule has 0 saturated carbocycles. The van der Waals surface area contributed by atoms with Crippen molar-refractivity contribution in [1.29, 1.82) is 0 Å². The molecule has 2 aliphatic heterocycles. The van der Waals surface area contributed by atoms with Gasteiger partial charge in [-0.15, -0.1) is 0 Å². The van der Waals surface area contributed by atoms with E-state index < -0.39 is 0 Å². The highest BCUT2D eigenvalue weighted by molar-refractivity contribution is 5.74. The summed E-state index contributed by atoms with van der Waals surface area (Å²) in [4.78, 5) is 17.4. The first-order chi connectivity index (χ1) is 12.6. The Labute approximate surface area is 160 Å². The minimum atomic E-state index is -0.0290. The number of carbonyl (C=O) groups is 1. The maximum Gasteiger partial charge on any atom is 0.315 e. The van der Waals surface area contributed by atoms with Gasteiger partial charge in [0.25, 0.3) is 0 Å². The van der Waals surface area contributed by atoms with Crippen LogP contribution < -0.4 is 10.6 Å². The minimum absolute atomic E-state index is 0.0290. The molecule has 0 radical (unpaired) electrons. The van der Waals surface area contributed by atoms with Crippen LogP contribution in [0.2, 0.25) is 0 Å². The molecular formula is C20H40N4O2. The van der Waals surface area contributed by atoms with E-state index in [4.69, 9.17) is 4.74 Å². The van der Waals surface area contributed by atoms with Crippen molar-refractivity contribution >= 4 is 6.03 Å². The Morgan fingerprint density at radius 2 is 1.69 bits per heavy atom. The molecule has 26 heavy (non-hydrogen) atoms. The van der Waals surface area contributed by atoms with Crippen LogP contribution in [-0.4, -0.2) is 80.4 Å². The number of morpholine rings is 1. The monoisotopic (exact) mass is 368 g/mol. The van der Waals surface area contributed by atoms with Gasteiger partial charge in [0.2, 0.25) is 0 Å². The Kier molecular flexibility index (Phi) is 9.72. The van der Waals surface area contributed by atoms with E-state index in [-0.39, 0.29) is 12.1 Å². The molecule has 2 unspecified atom stereocenters. The smallest absolute Gasteiger partial charge is 0.315 e. The summed E-state index contributed by atoms with van der Waals surface area (Å²) >= 11 is 0. The number of ether oxygens (including phenoxy) is 1. The SMILES string of the molecule is CCC(CC)C(CNC(=O)NC(C)CN1CCCCC1)N1CCOCC1. The fraction of sp³-hybridized carbons (Fsp3) is 0.950. The summed E-state index contributed by atoms with van der Waals surface area (Å²) in [6, 6.07) is 0.554. The van der Waals surface area contributed by atoms with Gasteiger partial charge < -0.3 is 20.3 Å². The molecule has 2 N–H and O–H groups in total. The second-order valence-corrected chi connectivity index (χ2v) is 7.91. The highest BCUT2D eigenvalue weighted by atomic mass is 16.5. The molecule has 6 heteroatoms. The molecule has 2 rings (SSSR count). The van der Waals surface area contributed by atoms with Crippen molar-refractivity contribution in [3.8, 4) is 0 Å². The largest absolute Gasteiger partial charge is 0.379 e. The Hall–Kier alpha value is -0.850. The number of piperidine rings is 1. The van der Waals surface area contributed by atoms with Crippen LogP contribution in [0.15, 0.2) is 0 Å². The summed E-state index contributed by atoms with van der Waals surface area (Å²) < 4.78 is 5.50. The third kappa shape index (κ3) is 7.05. The molecule has 0 spiro atoms. The average Bonchev–Trinajstić information content (AvgIpc) is 2.66. The molecule has 0 aromatic carbocycles. The van der Waals surface area contributed by atoms with E-state index >= 15 is 0 Å². The lowest BCUT2D eigenvalue weighted by Crippen LogP contribution is -2.54. The van der Waals surface area contributed by atoms with Crippen molar-refractivity contribution in [1.82, 2.24) is 20.4 Å². The molecule has 152 valence electrons. The summed E-state index contributed by atoms with van der Waals surface area (Å²) in [6.07, 6.45) is 6.21. The number of hydrogen-bond acceptors (Lipinski definition) is 4. The van der Waals surface area contributed by atoms with E-state index in [0.29, 0.717) is 18.5 Å². The zero-order chi connectivity index (χ0) is 18.8. The van der Waals surface area contributed by atoms with E-state index in [1.165, 1.54) is 32.4 Å². The van der Waals surface area contributed by atoms with Gasteiger partial charge >= 0.3 is 6.03 Å². The Morgan fingerprint density at radius 3 is 2.31 bits per heavy atom. The Bertz CT molecular complexity index is 391. The van der Waals surface area contributed by atoms with Gasteiger partial charge in [-0.2, -0.15) is 0 Å². The van der Waals surface area contributed by atoms with Gasteiger partial charge in [-0.3, -0.25) is 4.90 Å². The summed E-state index contributed by atoms with van der Waals surface area (Å²) in [5.74, 6) is 0.610. The Morgan fingerprint density at radius 1 is 1.04 bits per heavy atom. The van der Waals surface area contributed by atoms with Gasteiger partial charge in [0.15, 0.2) is 0 Å². The number of nitrogens with zero attached hydrogens (tertiary/aromatic N) is 2. The van der Waals surface area contributed by atoms with Crippen molar-refractivity contribution < 1.29 is 9.53 Å². The number of hydrogen-bond donors (Lipinski definition) is 2. The van der Waals surface area contributed by atoms with Gasteiger partial charge in [0.1, 0.15) is 0 Å². The van der Waals surface area contributed by atoms with Crippen LogP contribution in [0.4, 0.5) is 4.79 Å². The van der Waals surface area contributed by atoms with Gasteiger partial charge in [0.05, 0.1) is 13.2 Å². The molecule has 2 aliphatic rings. The van der Waals surface area contributed by atoms with Crippen LogP contribution >= 0.6 is 0 Å². The second kappa shape index (κ2) is 11.8. The topological polar surface area (TPSA) is 56.8 Å². The molecule has 0 aromatic heterocycles. The van der Waals surface area contributed by atoms with Crippen LogP contribution in [0.3, 0.4) is 0 Å². The lowest BCUT2D eigenvalue weighted by molar-refractivity contribution is 0.00236. The number of likely N-dealkylation sites (tertiary alicyclic amines) is 1. The van der Waals surface area contributed by atoms with E-state index in [9.17, 15) is 4.79 Å². The molecule has 2 saturated heterocycles. The predicted molar refractivity (Wildman–Crippen MR) is 107 cm³/mol.